The molecular formula is C26H24F6N2O4S. The molecular weight excluding hydrogens is 550 g/mol. The number of nitrogens with one attached hydrogen (secondary N) is 2. The molecule has 6 nitrogen and oxygen atoms in total. The summed E-state index contributed by atoms with van der Waals surface area (Å²) in [6, 6.07) is 10.2. The fourth-order valence-corrected chi connectivity index (χ4v) is 3.89. The van der Waals surface area contributed by atoms with E-state index in [9.17, 15) is 39.6 Å². The monoisotopic (exact) mass is 574 g/mol. The third-order valence-corrected chi connectivity index (χ3v) is 6.17. The van der Waals surface area contributed by atoms with Crippen LogP contribution in [-0.4, -0.2) is 26.5 Å². The van der Waals surface area contributed by atoms with Gasteiger partial charge in [-0.25, -0.2) is 8.42 Å². The van der Waals surface area contributed by atoms with Crippen molar-refractivity contribution in [3.8, 4) is 5.75 Å². The predicted octanol–water partition coefficient (Wildman–Crippen LogP) is 6.59. The van der Waals surface area contributed by atoms with Gasteiger partial charge in [-0.15, -0.1) is 0 Å². The smallest absolute Gasteiger partial charge is 0.416 e. The van der Waals surface area contributed by atoms with E-state index in [2.05, 4.69) is 10.6 Å². The minimum Gasteiger partial charge on any atom is -0.487 e. The van der Waals surface area contributed by atoms with Gasteiger partial charge in [-0.1, -0.05) is 23.8 Å². The predicted molar refractivity (Wildman–Crippen MR) is 134 cm³/mol. The van der Waals surface area contributed by atoms with E-state index in [0.29, 0.717) is 12.1 Å². The highest BCUT2D eigenvalue weighted by Gasteiger charge is 2.37. The number of benzene rings is 3. The van der Waals surface area contributed by atoms with E-state index >= 15 is 0 Å². The summed E-state index contributed by atoms with van der Waals surface area (Å²) in [5.41, 5.74) is -1.17. The van der Waals surface area contributed by atoms with Crippen molar-refractivity contribution in [3.05, 3.63) is 88.0 Å². The first-order valence-electron chi connectivity index (χ1n) is 11.3. The molecule has 13 heteroatoms. The minimum absolute atomic E-state index is 0.00756. The molecule has 0 bridgehead atoms. The number of halogens is 6. The third kappa shape index (κ3) is 8.37. The fourth-order valence-electron chi connectivity index (χ4n) is 3.47. The molecule has 210 valence electrons. The van der Waals surface area contributed by atoms with Gasteiger partial charge in [0, 0.05) is 23.6 Å². The normalized spacial score (nSPS) is 12.2. The number of anilines is 2. The van der Waals surface area contributed by atoms with Crippen molar-refractivity contribution < 1.29 is 44.3 Å². The topological polar surface area (TPSA) is 84.5 Å². The lowest BCUT2D eigenvalue weighted by molar-refractivity contribution is -0.143. The molecule has 3 aromatic carbocycles. The number of alkyl halides is 6. The van der Waals surface area contributed by atoms with Crippen LogP contribution >= 0.6 is 0 Å². The molecule has 0 aromatic heterocycles. The summed E-state index contributed by atoms with van der Waals surface area (Å²) in [5.74, 6) is -1.57. The lowest BCUT2D eigenvalue weighted by Gasteiger charge is -2.17. The first-order valence-corrected chi connectivity index (χ1v) is 13.3. The maximum Gasteiger partial charge on any atom is 0.416 e. The molecule has 0 fully saturated rings. The summed E-state index contributed by atoms with van der Waals surface area (Å²) in [7, 11) is -3.44. The number of sulfone groups is 1. The van der Waals surface area contributed by atoms with E-state index in [-0.39, 0.29) is 29.8 Å². The Kier molecular flexibility index (Phi) is 8.53. The maximum absolute atomic E-state index is 13.2. The van der Waals surface area contributed by atoms with Gasteiger partial charge < -0.3 is 15.4 Å². The summed E-state index contributed by atoms with van der Waals surface area (Å²) in [6.45, 7) is 3.80. The van der Waals surface area contributed by atoms with Crippen molar-refractivity contribution in [2.75, 3.05) is 22.8 Å². The van der Waals surface area contributed by atoms with E-state index in [4.69, 9.17) is 4.74 Å². The van der Waals surface area contributed by atoms with Crippen LogP contribution in [0.4, 0.5) is 37.7 Å². The van der Waals surface area contributed by atoms with Gasteiger partial charge in [0.25, 0.3) is 5.91 Å². The number of hydrogen-bond acceptors (Lipinski definition) is 5. The molecule has 0 aliphatic rings. The molecule has 0 spiro atoms. The highest BCUT2D eigenvalue weighted by molar-refractivity contribution is 7.90. The zero-order valence-corrected chi connectivity index (χ0v) is 21.7. The Labute approximate surface area is 220 Å². The molecule has 3 aromatic rings. The van der Waals surface area contributed by atoms with Crippen LogP contribution in [0.3, 0.4) is 0 Å². The fraction of sp³-hybridized carbons (Fsp3) is 0.269. The highest BCUT2D eigenvalue weighted by atomic mass is 32.2. The number of carbonyl (C=O) groups excluding carboxylic acids is 1. The molecule has 1 amide bonds. The first kappa shape index (κ1) is 29.8. The molecule has 0 heterocycles. The van der Waals surface area contributed by atoms with Crippen molar-refractivity contribution >= 4 is 27.1 Å². The van der Waals surface area contributed by atoms with Gasteiger partial charge in [0.2, 0.25) is 0 Å². The van der Waals surface area contributed by atoms with Gasteiger partial charge in [-0.05, 0) is 55.3 Å². The molecule has 0 aliphatic heterocycles. The number of rotatable bonds is 8. The number of ether oxygens (including phenoxy) is 1. The highest BCUT2D eigenvalue weighted by Crippen LogP contribution is 2.37. The van der Waals surface area contributed by atoms with E-state index in [1.807, 2.05) is 32.0 Å². The van der Waals surface area contributed by atoms with Crippen molar-refractivity contribution in [3.63, 3.8) is 0 Å². The lowest BCUT2D eigenvalue weighted by atomic mass is 10.0. The van der Waals surface area contributed by atoms with E-state index < -0.39 is 50.7 Å². The second kappa shape index (κ2) is 11.2. The maximum atomic E-state index is 13.2. The van der Waals surface area contributed by atoms with E-state index in [1.165, 1.54) is 18.2 Å². The van der Waals surface area contributed by atoms with E-state index in [1.54, 1.807) is 0 Å². The van der Waals surface area contributed by atoms with Crippen LogP contribution in [0.2, 0.25) is 0 Å². The molecule has 0 unspecified atom stereocenters. The van der Waals surface area contributed by atoms with Crippen molar-refractivity contribution in [1.82, 2.24) is 0 Å². The van der Waals surface area contributed by atoms with Crippen molar-refractivity contribution in [2.24, 2.45) is 0 Å². The van der Waals surface area contributed by atoms with Crippen LogP contribution in [-0.2, 0) is 28.8 Å². The minimum atomic E-state index is -5.11. The number of carbonyl (C=O) groups is 1. The zero-order valence-electron chi connectivity index (χ0n) is 20.9. The van der Waals surface area contributed by atoms with Gasteiger partial charge in [-0.2, -0.15) is 26.3 Å². The van der Waals surface area contributed by atoms with Gasteiger partial charge in [0.05, 0.1) is 16.8 Å². The summed E-state index contributed by atoms with van der Waals surface area (Å²) in [6.07, 6.45) is -9.22. The van der Waals surface area contributed by atoms with Crippen molar-refractivity contribution in [1.29, 1.82) is 0 Å². The molecule has 0 saturated carbocycles. The number of amides is 1. The van der Waals surface area contributed by atoms with Crippen LogP contribution in [0.25, 0.3) is 0 Å². The van der Waals surface area contributed by atoms with Crippen LogP contribution < -0.4 is 15.4 Å². The molecule has 0 saturated heterocycles. The summed E-state index contributed by atoms with van der Waals surface area (Å²) < 4.78 is 108. The molecule has 39 heavy (non-hydrogen) atoms. The average Bonchev–Trinajstić information content (AvgIpc) is 2.82. The summed E-state index contributed by atoms with van der Waals surface area (Å²) >= 11 is 0. The molecule has 0 aliphatic carbocycles. The Morgan fingerprint density at radius 1 is 0.872 bits per heavy atom. The van der Waals surface area contributed by atoms with Crippen molar-refractivity contribution in [2.45, 2.75) is 32.8 Å². The lowest BCUT2D eigenvalue weighted by Crippen LogP contribution is -2.17. The largest absolute Gasteiger partial charge is 0.487 e. The Morgan fingerprint density at radius 3 is 2.05 bits per heavy atom. The van der Waals surface area contributed by atoms with Gasteiger partial charge in [-0.3, -0.25) is 4.79 Å². The summed E-state index contributed by atoms with van der Waals surface area (Å²) in [4.78, 5) is 12.7. The molecule has 0 radical (unpaired) electrons. The second-order valence-corrected chi connectivity index (χ2v) is 11.1. The Balaban J connectivity index is 1.94. The second-order valence-electron chi connectivity index (χ2n) is 8.93. The molecule has 0 atom stereocenters. The van der Waals surface area contributed by atoms with Crippen LogP contribution in [0.15, 0.2) is 54.6 Å². The third-order valence-electron chi connectivity index (χ3n) is 5.50. The molecule has 2 N–H and O–H groups in total. The average molecular weight is 575 g/mol. The SMILES string of the molecule is Cc1ccc(C)c(COc2cc(NC(=O)c3cc(C(F)(F)F)cc(C(F)(F)F)c3)ccc2NCS(C)(=O)=O)c1. The van der Waals surface area contributed by atoms with Crippen LogP contribution in [0.1, 0.15) is 38.2 Å². The Bertz CT molecular complexity index is 1450. The number of hydrogen-bond donors (Lipinski definition) is 2. The van der Waals surface area contributed by atoms with Gasteiger partial charge in [0.15, 0.2) is 9.84 Å². The van der Waals surface area contributed by atoms with E-state index in [0.717, 1.165) is 22.9 Å². The van der Waals surface area contributed by atoms with Gasteiger partial charge in [0.1, 0.15) is 18.2 Å². The Morgan fingerprint density at radius 2 is 1.49 bits per heavy atom. The van der Waals surface area contributed by atoms with Crippen LogP contribution in [0.5, 0.6) is 5.75 Å². The van der Waals surface area contributed by atoms with Crippen LogP contribution in [0, 0.1) is 13.8 Å². The number of aryl methyl sites for hydroxylation is 2. The van der Waals surface area contributed by atoms with Gasteiger partial charge >= 0.3 is 12.4 Å². The zero-order chi connectivity index (χ0) is 29.2. The quantitative estimate of drug-likeness (QED) is 0.297. The standard InChI is InChI=1S/C26H24F6N2O4S/c1-15-4-5-16(2)18(8-15)13-38-23-12-21(6-7-22(23)33-14-39(3,36)37)34-24(35)17-9-19(25(27,28)29)11-20(10-17)26(30,31)32/h4-12,33H,13-14H2,1-3H3,(H,34,35). The first-order chi connectivity index (χ1) is 17.9. The summed E-state index contributed by atoms with van der Waals surface area (Å²) in [5, 5.41) is 4.97. The molecule has 3 rings (SSSR count). The Hall–Kier alpha value is -3.74.